The van der Waals surface area contributed by atoms with Crippen LogP contribution in [-0.4, -0.2) is 29.6 Å². The molecule has 3 heterocycles. The first kappa shape index (κ1) is 28.1. The average molecular weight is 598 g/mol. The molecule has 0 atom stereocenters. The highest BCUT2D eigenvalue weighted by atomic mass is 32.1. The molecule has 3 aromatic heterocycles. The largest absolute Gasteiger partial charge is 0.471 e. The Morgan fingerprint density at radius 1 is 1.13 bits per heavy atom. The van der Waals surface area contributed by atoms with Crippen molar-refractivity contribution in [1.82, 2.24) is 13.9 Å². The fourth-order valence-corrected chi connectivity index (χ4v) is 5.86. The van der Waals surface area contributed by atoms with Gasteiger partial charge in [-0.15, -0.1) is 22.7 Å². The number of hydrogen-bond donors (Lipinski definition) is 2. The SMILES string of the molecule is Cn1c(=O)c2c(CC(=O)N=c3scc(-c4ccc(F)c(C(F)(F)F)c4F)n3COP(=O)(O)O)csc2n1C. The van der Waals surface area contributed by atoms with E-state index in [4.69, 9.17) is 9.79 Å². The van der Waals surface area contributed by atoms with Gasteiger partial charge in [0.2, 0.25) is 0 Å². The van der Waals surface area contributed by atoms with Crippen molar-refractivity contribution in [2.24, 2.45) is 19.1 Å². The van der Waals surface area contributed by atoms with Crippen molar-refractivity contribution < 1.29 is 45.6 Å². The molecule has 1 amide bonds. The van der Waals surface area contributed by atoms with E-state index in [2.05, 4.69) is 9.52 Å². The van der Waals surface area contributed by atoms with E-state index >= 15 is 0 Å². The number of alkyl halides is 3. The van der Waals surface area contributed by atoms with E-state index in [-0.39, 0.29) is 16.8 Å². The van der Waals surface area contributed by atoms with Gasteiger partial charge in [-0.3, -0.25) is 28.0 Å². The molecule has 0 aliphatic carbocycles. The molecule has 4 rings (SSSR count). The Bertz CT molecular complexity index is 1740. The molecule has 0 saturated heterocycles. The molecule has 0 unspecified atom stereocenters. The third-order valence-electron chi connectivity index (χ3n) is 5.46. The number of halogens is 5. The number of thiophene rings is 1. The molecular weight excluding hydrogens is 582 g/mol. The maximum atomic E-state index is 14.8. The Balaban J connectivity index is 1.80. The Morgan fingerprint density at radius 3 is 2.45 bits per heavy atom. The van der Waals surface area contributed by atoms with Gasteiger partial charge in [-0.2, -0.15) is 18.2 Å². The van der Waals surface area contributed by atoms with Crippen molar-refractivity contribution in [3.05, 3.63) is 60.8 Å². The maximum Gasteiger partial charge on any atom is 0.471 e. The predicted octanol–water partition coefficient (Wildman–Crippen LogP) is 3.50. The third kappa shape index (κ3) is 5.30. The Kier molecular flexibility index (Phi) is 7.37. The lowest BCUT2D eigenvalue weighted by Gasteiger charge is -2.14. The van der Waals surface area contributed by atoms with Gasteiger partial charge in [-0.25, -0.2) is 13.3 Å². The number of aryl methyl sites for hydroxylation is 1. The standard InChI is InChI=1S/C20H16F5N4O6PS2/c1-27-17(31)14-9(6-37-18(14)28(27)2)5-13(30)26-19-29(8-35-36(32,33)34)12(7-38-19)10-3-4-11(21)15(16(10)22)20(23,24)25/h3-4,6-7H,5,8H2,1-2H3,(H2,32,33,34). The number of thiazole rings is 1. The summed E-state index contributed by atoms with van der Waals surface area (Å²) in [6.45, 7) is -1.03. The van der Waals surface area contributed by atoms with E-state index in [0.29, 0.717) is 39.2 Å². The number of fused-ring (bicyclic) bond motifs is 1. The number of rotatable bonds is 6. The van der Waals surface area contributed by atoms with Crippen molar-refractivity contribution in [2.75, 3.05) is 0 Å². The minimum atomic E-state index is -5.38. The van der Waals surface area contributed by atoms with Crippen LogP contribution in [0.1, 0.15) is 11.1 Å². The molecule has 4 aromatic rings. The summed E-state index contributed by atoms with van der Waals surface area (Å²) in [6, 6.07) is 1.09. The average Bonchev–Trinajstić information content (AvgIpc) is 3.44. The van der Waals surface area contributed by atoms with E-state index in [1.807, 2.05) is 0 Å². The fourth-order valence-electron chi connectivity index (χ4n) is 3.62. The molecule has 10 nitrogen and oxygen atoms in total. The van der Waals surface area contributed by atoms with E-state index in [0.717, 1.165) is 9.95 Å². The number of nitrogens with zero attached hydrogens (tertiary/aromatic N) is 4. The van der Waals surface area contributed by atoms with Gasteiger partial charge in [0.1, 0.15) is 28.8 Å². The molecule has 204 valence electrons. The lowest BCUT2D eigenvalue weighted by molar-refractivity contribution is -0.142. The summed E-state index contributed by atoms with van der Waals surface area (Å²) in [5, 5.41) is 2.97. The summed E-state index contributed by atoms with van der Waals surface area (Å²) >= 11 is 1.86. The number of amides is 1. The summed E-state index contributed by atoms with van der Waals surface area (Å²) < 4.78 is 87.7. The van der Waals surface area contributed by atoms with Crippen LogP contribution in [0.3, 0.4) is 0 Å². The van der Waals surface area contributed by atoms with E-state index in [1.54, 1.807) is 24.2 Å². The lowest BCUT2D eigenvalue weighted by atomic mass is 10.1. The highest BCUT2D eigenvalue weighted by molar-refractivity contribution is 7.46. The smallest absolute Gasteiger partial charge is 0.303 e. The quantitative estimate of drug-likeness (QED) is 0.258. The number of carbonyl (C=O) groups excluding carboxylic acids is 1. The monoisotopic (exact) mass is 598 g/mol. The van der Waals surface area contributed by atoms with E-state index in [9.17, 15) is 36.1 Å². The minimum absolute atomic E-state index is 0.303. The molecular formula is C20H16F5N4O6PS2. The molecule has 38 heavy (non-hydrogen) atoms. The van der Waals surface area contributed by atoms with Crippen LogP contribution >= 0.6 is 30.5 Å². The number of phosphoric ester groups is 1. The van der Waals surface area contributed by atoms with Crippen LogP contribution in [-0.2, 0) is 47.3 Å². The Labute approximate surface area is 216 Å². The van der Waals surface area contributed by atoms with Crippen LogP contribution in [0.2, 0.25) is 0 Å². The van der Waals surface area contributed by atoms with Gasteiger partial charge in [-0.05, 0) is 23.1 Å². The van der Waals surface area contributed by atoms with Crippen molar-refractivity contribution in [1.29, 1.82) is 0 Å². The second kappa shape index (κ2) is 9.98. The van der Waals surface area contributed by atoms with Gasteiger partial charge in [0.25, 0.3) is 11.5 Å². The maximum absolute atomic E-state index is 14.8. The lowest BCUT2D eigenvalue weighted by Crippen LogP contribution is -2.21. The zero-order chi connectivity index (χ0) is 28.2. The van der Waals surface area contributed by atoms with Gasteiger partial charge in [-0.1, -0.05) is 0 Å². The Hall–Kier alpha value is -2.95. The summed E-state index contributed by atoms with van der Waals surface area (Å²) in [5.41, 5.74) is -3.32. The van der Waals surface area contributed by atoms with Crippen LogP contribution < -0.4 is 10.4 Å². The summed E-state index contributed by atoms with van der Waals surface area (Å²) in [6.07, 6.45) is -5.73. The number of phosphoric acid groups is 1. The summed E-state index contributed by atoms with van der Waals surface area (Å²) in [4.78, 5) is 47.6. The minimum Gasteiger partial charge on any atom is -0.303 e. The normalized spacial score (nSPS) is 13.1. The fraction of sp³-hybridized carbons (Fsp3) is 0.250. The van der Waals surface area contributed by atoms with E-state index < -0.39 is 55.1 Å². The van der Waals surface area contributed by atoms with Gasteiger partial charge in [0.05, 0.1) is 17.5 Å². The topological polar surface area (TPSA) is 128 Å². The molecule has 2 N–H and O–H groups in total. The van der Waals surface area contributed by atoms with Crippen molar-refractivity contribution >= 4 is 46.6 Å². The van der Waals surface area contributed by atoms with Crippen molar-refractivity contribution in [3.8, 4) is 11.3 Å². The van der Waals surface area contributed by atoms with Gasteiger partial charge >= 0.3 is 14.0 Å². The molecule has 0 saturated carbocycles. The van der Waals surface area contributed by atoms with E-state index in [1.165, 1.54) is 16.0 Å². The zero-order valence-corrected chi connectivity index (χ0v) is 21.7. The van der Waals surface area contributed by atoms with Crippen LogP contribution in [0, 0.1) is 11.6 Å². The van der Waals surface area contributed by atoms with Gasteiger partial charge in [0, 0.05) is 25.0 Å². The number of benzene rings is 1. The van der Waals surface area contributed by atoms with Gasteiger partial charge < -0.3 is 9.79 Å². The highest BCUT2D eigenvalue weighted by Crippen LogP contribution is 2.39. The Morgan fingerprint density at radius 2 is 1.82 bits per heavy atom. The molecule has 0 fully saturated rings. The van der Waals surface area contributed by atoms with Crippen LogP contribution in [0.25, 0.3) is 21.5 Å². The van der Waals surface area contributed by atoms with Crippen LogP contribution in [0.5, 0.6) is 0 Å². The van der Waals surface area contributed by atoms with Crippen molar-refractivity contribution in [2.45, 2.75) is 19.3 Å². The van der Waals surface area contributed by atoms with Crippen molar-refractivity contribution in [3.63, 3.8) is 0 Å². The summed E-state index contributed by atoms with van der Waals surface area (Å²) in [5.74, 6) is -4.65. The predicted molar refractivity (Wildman–Crippen MR) is 126 cm³/mol. The third-order valence-corrected chi connectivity index (χ3v) is 7.87. The first-order valence-corrected chi connectivity index (χ1v) is 13.5. The second-order valence-electron chi connectivity index (χ2n) is 7.84. The van der Waals surface area contributed by atoms with Crippen LogP contribution in [0.15, 0.2) is 32.7 Å². The number of aromatic nitrogens is 3. The molecule has 0 spiro atoms. The molecule has 0 aliphatic heterocycles. The highest BCUT2D eigenvalue weighted by Gasteiger charge is 2.39. The van der Waals surface area contributed by atoms with Crippen LogP contribution in [0.4, 0.5) is 22.0 Å². The molecule has 0 bridgehead atoms. The second-order valence-corrected chi connectivity index (χ2v) is 10.8. The number of hydrogen-bond acceptors (Lipinski definition) is 6. The molecule has 18 heteroatoms. The summed E-state index contributed by atoms with van der Waals surface area (Å²) in [7, 11) is -1.92. The van der Waals surface area contributed by atoms with Gasteiger partial charge in [0.15, 0.2) is 4.80 Å². The first-order valence-electron chi connectivity index (χ1n) is 10.2. The molecule has 0 aliphatic rings. The molecule has 1 aromatic carbocycles. The zero-order valence-electron chi connectivity index (χ0n) is 19.2. The first-order chi connectivity index (χ1) is 17.6. The molecule has 0 radical (unpaired) electrons. The number of carbonyl (C=O) groups is 1.